The number of hydrogen-bond donors (Lipinski definition) is 2. The number of nitrogens with zero attached hydrogens (tertiary/aromatic N) is 1. The lowest BCUT2D eigenvalue weighted by Gasteiger charge is -2.18. The summed E-state index contributed by atoms with van der Waals surface area (Å²) in [5, 5.41) is 2.97. The van der Waals surface area contributed by atoms with Crippen LogP contribution in [0.4, 0.5) is 0 Å². The molecular formula is C24H23N3O2. The Hall–Kier alpha value is -3.60. The van der Waals surface area contributed by atoms with E-state index in [1.165, 1.54) is 15.7 Å². The predicted octanol–water partition coefficient (Wildman–Crippen LogP) is 3.67. The first-order valence-corrected chi connectivity index (χ1v) is 9.76. The Morgan fingerprint density at radius 2 is 1.45 bits per heavy atom. The molecule has 1 heterocycles. The standard InChI is InChI=1S/C24H23N3O2/c28-23(17-27-22-14-8-7-13-21(22)26-24(27)29)25-16-15-20(18-9-3-1-4-10-18)19-11-5-2-6-12-19/h1-14,20H,15-17H2,(H,25,28)(H,26,29). The minimum Gasteiger partial charge on any atom is -0.355 e. The molecule has 1 aromatic heterocycles. The van der Waals surface area contributed by atoms with Crippen LogP contribution in [0.5, 0.6) is 0 Å². The average molecular weight is 385 g/mol. The summed E-state index contributed by atoms with van der Waals surface area (Å²) in [6.45, 7) is 0.536. The van der Waals surface area contributed by atoms with Gasteiger partial charge in [-0.25, -0.2) is 4.79 Å². The Bertz CT molecular complexity index is 1110. The quantitative estimate of drug-likeness (QED) is 0.510. The SMILES string of the molecule is O=C(Cn1c(=O)[nH]c2ccccc21)NCCC(c1ccccc1)c1ccccc1. The van der Waals surface area contributed by atoms with Crippen LogP contribution in [0.15, 0.2) is 89.7 Å². The Morgan fingerprint density at radius 3 is 2.10 bits per heavy atom. The second-order valence-corrected chi connectivity index (χ2v) is 7.05. The summed E-state index contributed by atoms with van der Waals surface area (Å²) in [6, 6.07) is 28.0. The second kappa shape index (κ2) is 8.61. The van der Waals surface area contributed by atoms with E-state index >= 15 is 0 Å². The third kappa shape index (κ3) is 4.29. The van der Waals surface area contributed by atoms with Crippen molar-refractivity contribution in [2.75, 3.05) is 6.54 Å². The minimum absolute atomic E-state index is 0.00415. The van der Waals surface area contributed by atoms with Gasteiger partial charge in [-0.1, -0.05) is 72.8 Å². The van der Waals surface area contributed by atoms with E-state index in [0.29, 0.717) is 6.54 Å². The molecule has 2 N–H and O–H groups in total. The van der Waals surface area contributed by atoms with Gasteiger partial charge in [-0.15, -0.1) is 0 Å². The van der Waals surface area contributed by atoms with E-state index in [1.807, 2.05) is 60.7 Å². The van der Waals surface area contributed by atoms with Gasteiger partial charge >= 0.3 is 5.69 Å². The molecule has 0 aliphatic heterocycles. The minimum atomic E-state index is -0.271. The number of para-hydroxylation sites is 2. The summed E-state index contributed by atoms with van der Waals surface area (Å²) in [7, 11) is 0. The molecule has 1 amide bonds. The van der Waals surface area contributed by atoms with Crippen LogP contribution in [0.1, 0.15) is 23.5 Å². The molecule has 3 aromatic carbocycles. The summed E-state index contributed by atoms with van der Waals surface area (Å²) in [6.07, 6.45) is 0.780. The molecule has 0 spiro atoms. The molecule has 0 aliphatic rings. The van der Waals surface area contributed by atoms with Gasteiger partial charge in [-0.2, -0.15) is 0 Å². The largest absolute Gasteiger partial charge is 0.355 e. The van der Waals surface area contributed by atoms with Crippen LogP contribution in [0.3, 0.4) is 0 Å². The number of carbonyl (C=O) groups is 1. The number of H-pyrrole nitrogens is 1. The van der Waals surface area contributed by atoms with Crippen LogP contribution in [0.2, 0.25) is 0 Å². The smallest absolute Gasteiger partial charge is 0.326 e. The number of imidazole rings is 1. The highest BCUT2D eigenvalue weighted by Crippen LogP contribution is 2.27. The molecule has 0 saturated heterocycles. The number of carbonyl (C=O) groups excluding carboxylic acids is 1. The van der Waals surface area contributed by atoms with Crippen molar-refractivity contribution in [3.63, 3.8) is 0 Å². The first-order valence-electron chi connectivity index (χ1n) is 9.76. The monoisotopic (exact) mass is 385 g/mol. The lowest BCUT2D eigenvalue weighted by molar-refractivity contribution is -0.121. The maximum Gasteiger partial charge on any atom is 0.326 e. The normalized spacial score (nSPS) is 11.1. The zero-order valence-electron chi connectivity index (χ0n) is 16.0. The van der Waals surface area contributed by atoms with Gasteiger partial charge in [0.15, 0.2) is 0 Å². The topological polar surface area (TPSA) is 66.9 Å². The molecule has 0 unspecified atom stereocenters. The molecule has 0 bridgehead atoms. The molecule has 0 aliphatic carbocycles. The molecule has 5 nitrogen and oxygen atoms in total. The van der Waals surface area contributed by atoms with Gasteiger partial charge in [0, 0.05) is 12.5 Å². The summed E-state index contributed by atoms with van der Waals surface area (Å²) >= 11 is 0. The lowest BCUT2D eigenvalue weighted by Crippen LogP contribution is -2.32. The Morgan fingerprint density at radius 1 is 0.862 bits per heavy atom. The highest BCUT2D eigenvalue weighted by atomic mass is 16.2. The molecular weight excluding hydrogens is 362 g/mol. The third-order valence-corrected chi connectivity index (χ3v) is 5.14. The summed E-state index contributed by atoms with van der Waals surface area (Å²) < 4.78 is 1.47. The van der Waals surface area contributed by atoms with E-state index in [9.17, 15) is 9.59 Å². The van der Waals surface area contributed by atoms with Gasteiger partial charge < -0.3 is 10.3 Å². The van der Waals surface area contributed by atoms with Crippen molar-refractivity contribution in [1.82, 2.24) is 14.9 Å². The summed E-state index contributed by atoms with van der Waals surface area (Å²) in [4.78, 5) is 27.4. The van der Waals surface area contributed by atoms with E-state index in [2.05, 4.69) is 34.6 Å². The maximum absolute atomic E-state index is 12.5. The van der Waals surface area contributed by atoms with E-state index in [-0.39, 0.29) is 24.1 Å². The number of amides is 1. The van der Waals surface area contributed by atoms with Crippen molar-refractivity contribution in [3.8, 4) is 0 Å². The first kappa shape index (κ1) is 18.7. The van der Waals surface area contributed by atoms with E-state index in [1.54, 1.807) is 0 Å². The second-order valence-electron chi connectivity index (χ2n) is 7.05. The highest BCUT2D eigenvalue weighted by Gasteiger charge is 2.15. The number of nitrogens with one attached hydrogen (secondary N) is 2. The number of benzene rings is 3. The molecule has 29 heavy (non-hydrogen) atoms. The van der Waals surface area contributed by atoms with Gasteiger partial charge in [0.25, 0.3) is 0 Å². The first-order chi connectivity index (χ1) is 14.2. The van der Waals surface area contributed by atoms with Crippen molar-refractivity contribution in [2.24, 2.45) is 0 Å². The van der Waals surface area contributed by atoms with Crippen molar-refractivity contribution in [2.45, 2.75) is 18.9 Å². The number of rotatable bonds is 7. The fourth-order valence-corrected chi connectivity index (χ4v) is 3.72. The maximum atomic E-state index is 12.5. The molecule has 4 aromatic rings. The number of aromatic amines is 1. The third-order valence-electron chi connectivity index (χ3n) is 5.14. The van der Waals surface area contributed by atoms with Crippen molar-refractivity contribution < 1.29 is 4.79 Å². The molecule has 146 valence electrons. The van der Waals surface area contributed by atoms with Gasteiger partial charge in [0.2, 0.25) is 5.91 Å². The van der Waals surface area contributed by atoms with Crippen LogP contribution < -0.4 is 11.0 Å². The van der Waals surface area contributed by atoms with Gasteiger partial charge in [0.05, 0.1) is 11.0 Å². The van der Waals surface area contributed by atoms with Crippen molar-refractivity contribution in [3.05, 3.63) is 107 Å². The van der Waals surface area contributed by atoms with Gasteiger partial charge in [-0.3, -0.25) is 9.36 Å². The van der Waals surface area contributed by atoms with Crippen LogP contribution in [0.25, 0.3) is 11.0 Å². The molecule has 5 heteroatoms. The number of aromatic nitrogens is 2. The summed E-state index contributed by atoms with van der Waals surface area (Å²) in [5.41, 5.74) is 3.65. The van der Waals surface area contributed by atoms with Gasteiger partial charge in [0.1, 0.15) is 6.54 Å². The molecule has 0 fully saturated rings. The highest BCUT2D eigenvalue weighted by molar-refractivity contribution is 5.80. The number of hydrogen-bond acceptors (Lipinski definition) is 2. The predicted molar refractivity (Wildman–Crippen MR) is 115 cm³/mol. The van der Waals surface area contributed by atoms with Crippen LogP contribution in [-0.4, -0.2) is 22.0 Å². The van der Waals surface area contributed by atoms with Crippen molar-refractivity contribution in [1.29, 1.82) is 0 Å². The molecule has 0 atom stereocenters. The zero-order valence-corrected chi connectivity index (χ0v) is 16.0. The average Bonchev–Trinajstić information content (AvgIpc) is 3.07. The van der Waals surface area contributed by atoms with Crippen LogP contribution in [0, 0.1) is 0 Å². The Balaban J connectivity index is 1.43. The number of fused-ring (bicyclic) bond motifs is 1. The zero-order chi connectivity index (χ0) is 20.1. The fraction of sp³-hybridized carbons (Fsp3) is 0.167. The van der Waals surface area contributed by atoms with E-state index in [4.69, 9.17) is 0 Å². The Labute approximate surface area is 169 Å². The fourth-order valence-electron chi connectivity index (χ4n) is 3.72. The molecule has 0 saturated carbocycles. The van der Waals surface area contributed by atoms with E-state index < -0.39 is 0 Å². The molecule has 4 rings (SSSR count). The lowest BCUT2D eigenvalue weighted by atomic mass is 9.88. The van der Waals surface area contributed by atoms with Crippen LogP contribution in [-0.2, 0) is 11.3 Å². The summed E-state index contributed by atoms with van der Waals surface area (Å²) in [5.74, 6) is 0.0326. The van der Waals surface area contributed by atoms with Gasteiger partial charge in [-0.05, 0) is 29.7 Å². The van der Waals surface area contributed by atoms with Crippen LogP contribution >= 0.6 is 0 Å². The van der Waals surface area contributed by atoms with Crippen molar-refractivity contribution >= 4 is 16.9 Å². The molecule has 0 radical (unpaired) electrons. The Kier molecular flexibility index (Phi) is 5.56. The van der Waals surface area contributed by atoms with E-state index in [0.717, 1.165) is 17.5 Å².